The van der Waals surface area contributed by atoms with Crippen molar-refractivity contribution in [2.24, 2.45) is 11.3 Å². The van der Waals surface area contributed by atoms with Gasteiger partial charge in [-0.05, 0) is 44.7 Å². The van der Waals surface area contributed by atoms with E-state index in [0.29, 0.717) is 11.8 Å². The number of carbonyl (C=O) groups is 1. The largest absolute Gasteiger partial charge is 0.355 e. The number of hydrogen-bond acceptors (Lipinski definition) is 2. The summed E-state index contributed by atoms with van der Waals surface area (Å²) >= 11 is 0. The zero-order chi connectivity index (χ0) is 11.4. The van der Waals surface area contributed by atoms with Gasteiger partial charge in [0.2, 0.25) is 5.91 Å². The molecule has 0 spiro atoms. The highest BCUT2D eigenvalue weighted by Crippen LogP contribution is 2.41. The molecule has 1 unspecified atom stereocenters. The van der Waals surface area contributed by atoms with Crippen LogP contribution in [0.4, 0.5) is 0 Å². The lowest BCUT2D eigenvalue weighted by atomic mass is 9.82. The smallest absolute Gasteiger partial charge is 0.226 e. The van der Waals surface area contributed by atoms with Crippen LogP contribution in [-0.2, 0) is 4.79 Å². The van der Waals surface area contributed by atoms with Crippen LogP contribution in [0.2, 0.25) is 0 Å². The Balaban J connectivity index is 1.81. The number of carbonyl (C=O) groups excluding carboxylic acids is 1. The minimum absolute atomic E-state index is 0.0218. The highest BCUT2D eigenvalue weighted by atomic mass is 16.2. The molecule has 16 heavy (non-hydrogen) atoms. The van der Waals surface area contributed by atoms with E-state index in [0.717, 1.165) is 38.9 Å². The summed E-state index contributed by atoms with van der Waals surface area (Å²) < 4.78 is 0. The van der Waals surface area contributed by atoms with Gasteiger partial charge in [-0.3, -0.25) is 4.79 Å². The Bertz CT molecular complexity index is 240. The molecule has 3 nitrogen and oxygen atoms in total. The van der Waals surface area contributed by atoms with Gasteiger partial charge < -0.3 is 10.6 Å². The molecular formula is C13H24N2O. The average Bonchev–Trinajstić information content (AvgIpc) is 2.97. The zero-order valence-corrected chi connectivity index (χ0v) is 10.3. The van der Waals surface area contributed by atoms with Crippen LogP contribution in [0, 0.1) is 11.3 Å². The minimum Gasteiger partial charge on any atom is -0.355 e. The first-order valence-corrected chi connectivity index (χ1v) is 6.76. The molecule has 2 aliphatic rings. The van der Waals surface area contributed by atoms with Crippen LogP contribution in [0.25, 0.3) is 0 Å². The van der Waals surface area contributed by atoms with Crippen molar-refractivity contribution in [3.63, 3.8) is 0 Å². The van der Waals surface area contributed by atoms with Gasteiger partial charge >= 0.3 is 0 Å². The topological polar surface area (TPSA) is 41.1 Å². The van der Waals surface area contributed by atoms with Gasteiger partial charge in [-0.1, -0.05) is 19.8 Å². The lowest BCUT2D eigenvalue weighted by molar-refractivity contribution is -0.131. The number of nitrogens with one attached hydrogen (secondary N) is 2. The zero-order valence-electron chi connectivity index (χ0n) is 10.3. The first-order valence-electron chi connectivity index (χ1n) is 6.76. The van der Waals surface area contributed by atoms with Gasteiger partial charge in [0.1, 0.15) is 0 Å². The van der Waals surface area contributed by atoms with Gasteiger partial charge in [-0.2, -0.15) is 0 Å². The molecule has 3 heteroatoms. The van der Waals surface area contributed by atoms with Gasteiger partial charge in [-0.25, -0.2) is 0 Å². The van der Waals surface area contributed by atoms with Gasteiger partial charge in [0.05, 0.1) is 0 Å². The van der Waals surface area contributed by atoms with Crippen LogP contribution < -0.4 is 10.6 Å². The van der Waals surface area contributed by atoms with Crippen molar-refractivity contribution in [2.45, 2.75) is 45.4 Å². The fourth-order valence-electron chi connectivity index (χ4n) is 3.11. The van der Waals surface area contributed by atoms with Crippen molar-refractivity contribution in [3.8, 4) is 0 Å². The van der Waals surface area contributed by atoms with E-state index in [-0.39, 0.29) is 5.41 Å². The third kappa shape index (κ3) is 2.40. The van der Waals surface area contributed by atoms with E-state index in [4.69, 9.17) is 0 Å². The van der Waals surface area contributed by atoms with Gasteiger partial charge in [0, 0.05) is 12.0 Å². The summed E-state index contributed by atoms with van der Waals surface area (Å²) in [6.07, 6.45) is 6.86. The summed E-state index contributed by atoms with van der Waals surface area (Å²) in [5, 5.41) is 6.52. The fourth-order valence-corrected chi connectivity index (χ4v) is 3.11. The Morgan fingerprint density at radius 2 is 2.19 bits per heavy atom. The Morgan fingerprint density at radius 3 is 2.75 bits per heavy atom. The van der Waals surface area contributed by atoms with Crippen LogP contribution in [0.3, 0.4) is 0 Å². The first-order chi connectivity index (χ1) is 7.77. The van der Waals surface area contributed by atoms with E-state index in [1.165, 1.54) is 19.3 Å². The average molecular weight is 224 g/mol. The predicted molar refractivity (Wildman–Crippen MR) is 65.2 cm³/mol. The van der Waals surface area contributed by atoms with Crippen molar-refractivity contribution in [2.75, 3.05) is 19.6 Å². The second-order valence-electron chi connectivity index (χ2n) is 5.41. The first kappa shape index (κ1) is 11.9. The van der Waals surface area contributed by atoms with Crippen LogP contribution in [0.15, 0.2) is 0 Å². The molecule has 2 fully saturated rings. The molecule has 0 radical (unpaired) electrons. The Labute approximate surface area is 98.4 Å². The van der Waals surface area contributed by atoms with Crippen LogP contribution in [0.1, 0.15) is 45.4 Å². The molecule has 1 amide bonds. The van der Waals surface area contributed by atoms with Crippen molar-refractivity contribution >= 4 is 5.91 Å². The number of hydrogen-bond donors (Lipinski definition) is 2. The SMILES string of the molecule is CCC1(C(=O)NCC2CCNC2)CCCC1. The fraction of sp³-hybridized carbons (Fsp3) is 0.923. The lowest BCUT2D eigenvalue weighted by Gasteiger charge is -2.26. The molecule has 1 heterocycles. The Hall–Kier alpha value is -0.570. The van der Waals surface area contributed by atoms with Gasteiger partial charge in [0.25, 0.3) is 0 Å². The predicted octanol–water partition coefficient (Wildman–Crippen LogP) is 1.68. The van der Waals surface area contributed by atoms with E-state index in [2.05, 4.69) is 17.6 Å². The third-order valence-corrected chi connectivity index (χ3v) is 4.43. The van der Waals surface area contributed by atoms with E-state index in [1.54, 1.807) is 0 Å². The maximum Gasteiger partial charge on any atom is 0.226 e. The molecule has 1 aliphatic carbocycles. The van der Waals surface area contributed by atoms with Crippen molar-refractivity contribution in [1.82, 2.24) is 10.6 Å². The Morgan fingerprint density at radius 1 is 1.44 bits per heavy atom. The van der Waals surface area contributed by atoms with Crippen molar-refractivity contribution in [3.05, 3.63) is 0 Å². The molecule has 92 valence electrons. The maximum absolute atomic E-state index is 12.2. The number of amides is 1. The summed E-state index contributed by atoms with van der Waals surface area (Å²) in [6.45, 7) is 5.20. The molecular weight excluding hydrogens is 200 g/mol. The van der Waals surface area contributed by atoms with Gasteiger partial charge in [-0.15, -0.1) is 0 Å². The molecule has 1 atom stereocenters. The van der Waals surface area contributed by atoms with Crippen LogP contribution >= 0.6 is 0 Å². The van der Waals surface area contributed by atoms with Crippen molar-refractivity contribution in [1.29, 1.82) is 0 Å². The van der Waals surface area contributed by atoms with E-state index in [1.807, 2.05) is 0 Å². The summed E-state index contributed by atoms with van der Waals surface area (Å²) in [7, 11) is 0. The third-order valence-electron chi connectivity index (χ3n) is 4.43. The molecule has 1 saturated heterocycles. The molecule has 0 aromatic rings. The molecule has 0 bridgehead atoms. The summed E-state index contributed by atoms with van der Waals surface area (Å²) in [6, 6.07) is 0. The maximum atomic E-state index is 12.2. The molecule has 1 saturated carbocycles. The molecule has 2 rings (SSSR count). The van der Waals surface area contributed by atoms with E-state index in [9.17, 15) is 4.79 Å². The van der Waals surface area contributed by atoms with Crippen LogP contribution in [0.5, 0.6) is 0 Å². The molecule has 2 N–H and O–H groups in total. The summed E-state index contributed by atoms with van der Waals surface area (Å²) in [5.74, 6) is 0.971. The second kappa shape index (κ2) is 5.17. The monoisotopic (exact) mass is 224 g/mol. The normalized spacial score (nSPS) is 28.2. The van der Waals surface area contributed by atoms with E-state index < -0.39 is 0 Å². The molecule has 1 aliphatic heterocycles. The summed E-state index contributed by atoms with van der Waals surface area (Å²) in [4.78, 5) is 12.2. The minimum atomic E-state index is -0.0218. The molecule has 0 aromatic carbocycles. The standard InChI is InChI=1S/C13H24N2O/c1-2-13(6-3-4-7-13)12(16)15-10-11-5-8-14-9-11/h11,14H,2-10H2,1H3,(H,15,16). The quantitative estimate of drug-likeness (QED) is 0.763. The Kier molecular flexibility index (Phi) is 3.85. The van der Waals surface area contributed by atoms with Crippen molar-refractivity contribution < 1.29 is 4.79 Å². The highest BCUT2D eigenvalue weighted by Gasteiger charge is 2.39. The highest BCUT2D eigenvalue weighted by molar-refractivity contribution is 5.82. The second-order valence-corrected chi connectivity index (χ2v) is 5.41. The van der Waals surface area contributed by atoms with E-state index >= 15 is 0 Å². The summed E-state index contributed by atoms with van der Waals surface area (Å²) in [5.41, 5.74) is -0.0218. The number of rotatable bonds is 4. The molecule has 0 aromatic heterocycles. The lowest BCUT2D eigenvalue weighted by Crippen LogP contribution is -2.41. The van der Waals surface area contributed by atoms with Crippen LogP contribution in [-0.4, -0.2) is 25.5 Å². The van der Waals surface area contributed by atoms with Gasteiger partial charge in [0.15, 0.2) is 0 Å².